The first-order valence-corrected chi connectivity index (χ1v) is 11.8. The summed E-state index contributed by atoms with van der Waals surface area (Å²) in [7, 11) is 0. The highest BCUT2D eigenvalue weighted by Gasteiger charge is 2.20. The standard InChI is InChI=1S/C30H27NO5/c32-30(33)29(17-22-7-3-1-4-8-22)36-26-14-11-23(12-15-26)19-31(25-9-5-2-6-10-25)20-24-13-16-27-28(18-24)35-21-34-27/h1-16,18,29H,17,19-21H2,(H,32,33). The van der Waals surface area contributed by atoms with Crippen molar-refractivity contribution in [2.24, 2.45) is 0 Å². The number of para-hydroxylation sites is 1. The van der Waals surface area contributed by atoms with E-state index in [4.69, 9.17) is 14.2 Å². The number of hydrogen-bond acceptors (Lipinski definition) is 5. The third-order valence-corrected chi connectivity index (χ3v) is 6.05. The van der Waals surface area contributed by atoms with Crippen LogP contribution < -0.4 is 19.1 Å². The minimum absolute atomic E-state index is 0.254. The largest absolute Gasteiger partial charge is 0.478 e. The predicted molar refractivity (Wildman–Crippen MR) is 138 cm³/mol. The maximum Gasteiger partial charge on any atom is 0.345 e. The van der Waals surface area contributed by atoms with Crippen molar-refractivity contribution in [3.05, 3.63) is 120 Å². The molecule has 1 atom stereocenters. The second-order valence-electron chi connectivity index (χ2n) is 8.66. The monoisotopic (exact) mass is 481 g/mol. The van der Waals surface area contributed by atoms with Crippen molar-refractivity contribution in [3.63, 3.8) is 0 Å². The van der Waals surface area contributed by atoms with Gasteiger partial charge in [-0.15, -0.1) is 0 Å². The van der Waals surface area contributed by atoms with Gasteiger partial charge in [0.25, 0.3) is 0 Å². The van der Waals surface area contributed by atoms with E-state index in [0.29, 0.717) is 25.3 Å². The summed E-state index contributed by atoms with van der Waals surface area (Å²) in [5.41, 5.74) is 4.22. The van der Waals surface area contributed by atoms with Gasteiger partial charge in [-0.2, -0.15) is 0 Å². The molecule has 0 amide bonds. The summed E-state index contributed by atoms with van der Waals surface area (Å²) in [5.74, 6) is 1.09. The van der Waals surface area contributed by atoms with Crippen molar-refractivity contribution in [2.45, 2.75) is 25.6 Å². The smallest absolute Gasteiger partial charge is 0.345 e. The van der Waals surface area contributed by atoms with Crippen LogP contribution in [0.15, 0.2) is 103 Å². The molecule has 6 nitrogen and oxygen atoms in total. The summed E-state index contributed by atoms with van der Waals surface area (Å²) < 4.78 is 16.8. The van der Waals surface area contributed by atoms with Gasteiger partial charge in [0.15, 0.2) is 17.6 Å². The molecule has 5 rings (SSSR count). The number of hydrogen-bond donors (Lipinski definition) is 1. The van der Waals surface area contributed by atoms with Crippen LogP contribution in [0.3, 0.4) is 0 Å². The zero-order valence-electron chi connectivity index (χ0n) is 19.7. The maximum absolute atomic E-state index is 11.8. The molecule has 1 aliphatic heterocycles. The molecule has 0 fully saturated rings. The minimum Gasteiger partial charge on any atom is -0.478 e. The third-order valence-electron chi connectivity index (χ3n) is 6.05. The van der Waals surface area contributed by atoms with Gasteiger partial charge in [0.2, 0.25) is 6.79 Å². The van der Waals surface area contributed by atoms with Crippen molar-refractivity contribution in [3.8, 4) is 17.2 Å². The van der Waals surface area contributed by atoms with Gasteiger partial charge < -0.3 is 24.2 Å². The Hall–Kier alpha value is -4.45. The Morgan fingerprint density at radius 3 is 2.14 bits per heavy atom. The number of ether oxygens (including phenoxy) is 3. The molecular formula is C30H27NO5. The topological polar surface area (TPSA) is 68.2 Å². The van der Waals surface area contributed by atoms with E-state index < -0.39 is 12.1 Å². The average Bonchev–Trinajstić information content (AvgIpc) is 3.38. The number of fused-ring (bicyclic) bond motifs is 1. The fourth-order valence-electron chi connectivity index (χ4n) is 4.20. The van der Waals surface area contributed by atoms with Crippen molar-refractivity contribution in [1.82, 2.24) is 0 Å². The Morgan fingerprint density at radius 1 is 0.778 bits per heavy atom. The van der Waals surface area contributed by atoms with Crippen LogP contribution >= 0.6 is 0 Å². The van der Waals surface area contributed by atoms with Crippen molar-refractivity contribution >= 4 is 11.7 Å². The van der Waals surface area contributed by atoms with Crippen molar-refractivity contribution in [2.75, 3.05) is 11.7 Å². The molecule has 0 bridgehead atoms. The summed E-state index contributed by atoms with van der Waals surface area (Å²) in [6.07, 6.45) is -0.653. The van der Waals surface area contributed by atoms with Gasteiger partial charge in [0, 0.05) is 25.2 Å². The van der Waals surface area contributed by atoms with E-state index in [2.05, 4.69) is 23.1 Å². The van der Waals surface area contributed by atoms with Crippen LogP contribution in [0.1, 0.15) is 16.7 Å². The van der Waals surface area contributed by atoms with Gasteiger partial charge in [-0.1, -0.05) is 66.7 Å². The van der Waals surface area contributed by atoms with Crippen LogP contribution in [0.25, 0.3) is 0 Å². The lowest BCUT2D eigenvalue weighted by Crippen LogP contribution is -2.29. The quantitative estimate of drug-likeness (QED) is 0.314. The number of benzene rings is 4. The van der Waals surface area contributed by atoms with Gasteiger partial charge in [0.1, 0.15) is 5.75 Å². The summed E-state index contributed by atoms with van der Waals surface area (Å²) >= 11 is 0. The van der Waals surface area contributed by atoms with Gasteiger partial charge in [-0.3, -0.25) is 0 Å². The first-order valence-electron chi connectivity index (χ1n) is 11.8. The lowest BCUT2D eigenvalue weighted by atomic mass is 10.1. The zero-order chi connectivity index (χ0) is 24.7. The highest BCUT2D eigenvalue weighted by molar-refractivity contribution is 5.73. The highest BCUT2D eigenvalue weighted by atomic mass is 16.7. The molecule has 0 saturated carbocycles. The van der Waals surface area contributed by atoms with Gasteiger partial charge in [0.05, 0.1) is 0 Å². The van der Waals surface area contributed by atoms with Crippen LogP contribution in [0.2, 0.25) is 0 Å². The molecule has 1 heterocycles. The van der Waals surface area contributed by atoms with Crippen LogP contribution in [-0.4, -0.2) is 24.0 Å². The van der Waals surface area contributed by atoms with Gasteiger partial charge >= 0.3 is 5.97 Å². The molecule has 182 valence electrons. The lowest BCUT2D eigenvalue weighted by Gasteiger charge is -2.25. The Morgan fingerprint density at radius 2 is 1.42 bits per heavy atom. The number of aliphatic carboxylic acids is 1. The number of carboxylic acids is 1. The van der Waals surface area contributed by atoms with E-state index in [1.165, 1.54) is 0 Å². The zero-order valence-corrected chi connectivity index (χ0v) is 19.7. The Balaban J connectivity index is 1.29. The molecule has 4 aromatic carbocycles. The fraction of sp³-hybridized carbons (Fsp3) is 0.167. The molecule has 0 saturated heterocycles. The molecule has 1 unspecified atom stereocenters. The second-order valence-corrected chi connectivity index (χ2v) is 8.66. The minimum atomic E-state index is -0.984. The molecule has 0 radical (unpaired) electrons. The molecule has 6 heteroatoms. The van der Waals surface area contributed by atoms with Crippen molar-refractivity contribution in [1.29, 1.82) is 0 Å². The molecule has 1 N–H and O–H groups in total. The SMILES string of the molecule is O=C(O)C(Cc1ccccc1)Oc1ccc(CN(Cc2ccc3c(c2)OCO3)c2ccccc2)cc1. The van der Waals surface area contributed by atoms with Crippen LogP contribution in [-0.2, 0) is 24.3 Å². The molecule has 4 aromatic rings. The van der Waals surface area contributed by atoms with E-state index in [1.807, 2.05) is 84.9 Å². The number of carbonyl (C=O) groups is 1. The Bertz CT molecular complexity index is 1290. The van der Waals surface area contributed by atoms with Crippen LogP contribution in [0, 0.1) is 0 Å². The average molecular weight is 482 g/mol. The van der Waals surface area contributed by atoms with E-state index in [1.54, 1.807) is 0 Å². The molecule has 1 aliphatic rings. The van der Waals surface area contributed by atoms with Crippen molar-refractivity contribution < 1.29 is 24.1 Å². The van der Waals surface area contributed by atoms with E-state index in [-0.39, 0.29) is 6.79 Å². The molecule has 0 spiro atoms. The van der Waals surface area contributed by atoms with Crippen LogP contribution in [0.4, 0.5) is 5.69 Å². The first-order chi connectivity index (χ1) is 17.6. The normalized spacial score (nSPS) is 12.7. The number of anilines is 1. The summed E-state index contributed by atoms with van der Waals surface area (Å²) in [6, 6.07) is 33.4. The number of carboxylic acid groups (broad SMARTS) is 1. The summed E-state index contributed by atoms with van der Waals surface area (Å²) in [6.45, 7) is 1.62. The maximum atomic E-state index is 11.8. The first kappa shape index (κ1) is 23.3. The Labute approximate surface area is 210 Å². The lowest BCUT2D eigenvalue weighted by molar-refractivity contribution is -0.145. The number of rotatable bonds is 10. The molecule has 36 heavy (non-hydrogen) atoms. The predicted octanol–water partition coefficient (Wildman–Crippen LogP) is 5.70. The molecular weight excluding hydrogens is 454 g/mol. The molecule has 0 aromatic heterocycles. The van der Waals surface area contributed by atoms with Gasteiger partial charge in [-0.25, -0.2) is 4.79 Å². The second kappa shape index (κ2) is 10.9. The van der Waals surface area contributed by atoms with E-state index in [9.17, 15) is 9.90 Å². The van der Waals surface area contributed by atoms with Crippen LogP contribution in [0.5, 0.6) is 17.2 Å². The fourth-order valence-corrected chi connectivity index (χ4v) is 4.20. The third kappa shape index (κ3) is 5.78. The van der Waals surface area contributed by atoms with Gasteiger partial charge in [-0.05, 0) is 53.1 Å². The molecule has 0 aliphatic carbocycles. The van der Waals surface area contributed by atoms with E-state index in [0.717, 1.165) is 33.9 Å². The highest BCUT2D eigenvalue weighted by Crippen LogP contribution is 2.33. The Kier molecular flexibility index (Phi) is 7.03. The summed E-state index contributed by atoms with van der Waals surface area (Å²) in [4.78, 5) is 14.1. The van der Waals surface area contributed by atoms with E-state index >= 15 is 0 Å². The summed E-state index contributed by atoms with van der Waals surface area (Å²) in [5, 5.41) is 9.65. The number of nitrogens with zero attached hydrogens (tertiary/aromatic N) is 1.